The predicted octanol–water partition coefficient (Wildman–Crippen LogP) is 3.13. The van der Waals surface area contributed by atoms with Gasteiger partial charge in [-0.25, -0.2) is 14.6 Å². The Kier molecular flexibility index (Phi) is 4.64. The predicted molar refractivity (Wildman–Crippen MR) is 105 cm³/mol. The number of pyridine rings is 1. The first kappa shape index (κ1) is 17.3. The molecule has 0 saturated carbocycles. The summed E-state index contributed by atoms with van der Waals surface area (Å²) in [5.74, 6) is -0.111. The highest BCUT2D eigenvalue weighted by Crippen LogP contribution is 2.32. The second-order valence-corrected chi connectivity index (χ2v) is 7.33. The van der Waals surface area contributed by atoms with Crippen molar-refractivity contribution in [2.24, 2.45) is 0 Å². The lowest BCUT2D eigenvalue weighted by Gasteiger charge is -2.19. The number of anilines is 1. The van der Waals surface area contributed by atoms with Gasteiger partial charge in [-0.2, -0.15) is 5.10 Å². The average molecular weight is 378 g/mol. The molecule has 4 aromatic rings. The number of carbonyl (C=O) groups is 1. The Balaban J connectivity index is 1.72. The van der Waals surface area contributed by atoms with E-state index in [4.69, 9.17) is 4.98 Å². The van der Waals surface area contributed by atoms with Gasteiger partial charge in [-0.1, -0.05) is 23.5 Å². The van der Waals surface area contributed by atoms with Crippen LogP contribution in [-0.4, -0.2) is 30.6 Å². The van der Waals surface area contributed by atoms with Crippen molar-refractivity contribution >= 4 is 32.6 Å². The van der Waals surface area contributed by atoms with E-state index in [-0.39, 0.29) is 12.5 Å². The number of benzene rings is 1. The number of amides is 1. The van der Waals surface area contributed by atoms with Crippen LogP contribution in [0.15, 0.2) is 49.2 Å². The first-order chi connectivity index (χ1) is 13.1. The maximum absolute atomic E-state index is 13.0. The second kappa shape index (κ2) is 7.24. The molecule has 3 heterocycles. The van der Waals surface area contributed by atoms with E-state index in [1.54, 1.807) is 11.1 Å². The molecule has 0 aliphatic carbocycles. The molecule has 0 bridgehead atoms. The van der Waals surface area contributed by atoms with Crippen molar-refractivity contribution < 1.29 is 4.79 Å². The number of thiazole rings is 1. The number of fused-ring (bicyclic) bond motifs is 1. The van der Waals surface area contributed by atoms with Gasteiger partial charge >= 0.3 is 0 Å². The summed E-state index contributed by atoms with van der Waals surface area (Å²) < 4.78 is 2.58. The Labute approximate surface area is 160 Å². The Morgan fingerprint density at radius 3 is 2.89 bits per heavy atom. The molecule has 3 aromatic heterocycles. The zero-order chi connectivity index (χ0) is 18.8. The highest BCUT2D eigenvalue weighted by molar-refractivity contribution is 7.22. The topological polar surface area (TPSA) is 76.8 Å². The van der Waals surface area contributed by atoms with E-state index in [9.17, 15) is 4.79 Å². The van der Waals surface area contributed by atoms with Crippen molar-refractivity contribution in [3.8, 4) is 0 Å². The van der Waals surface area contributed by atoms with Gasteiger partial charge in [0.2, 0.25) is 0 Å². The second-order valence-electron chi connectivity index (χ2n) is 6.32. The van der Waals surface area contributed by atoms with E-state index in [1.165, 1.54) is 34.2 Å². The molecule has 1 amide bonds. The first-order valence-corrected chi connectivity index (χ1v) is 9.32. The summed E-state index contributed by atoms with van der Waals surface area (Å²) >= 11 is 1.51. The van der Waals surface area contributed by atoms with E-state index in [0.717, 1.165) is 21.5 Å². The minimum atomic E-state index is -0.111. The van der Waals surface area contributed by atoms with Crippen LogP contribution in [0.2, 0.25) is 0 Å². The molecule has 0 N–H and O–H groups in total. The molecular weight excluding hydrogens is 360 g/mol. The van der Waals surface area contributed by atoms with Gasteiger partial charge in [0, 0.05) is 6.20 Å². The standard InChI is InChI=1S/C19H18N6OS/c1-13-7-14(2)18-16(8-13)27-19(23-18)25(9-15-5-3-4-6-21-15)17(26)10-24-12-20-11-22-24/h3-8,11-12H,9-10H2,1-2H3. The lowest BCUT2D eigenvalue weighted by atomic mass is 10.1. The number of aryl methyl sites for hydroxylation is 2. The van der Waals surface area contributed by atoms with Crippen molar-refractivity contribution in [3.63, 3.8) is 0 Å². The van der Waals surface area contributed by atoms with Gasteiger partial charge in [0.25, 0.3) is 5.91 Å². The van der Waals surface area contributed by atoms with Gasteiger partial charge in [-0.15, -0.1) is 0 Å². The molecule has 0 aliphatic rings. The normalized spacial score (nSPS) is 11.0. The summed E-state index contributed by atoms with van der Waals surface area (Å²) in [6.07, 6.45) is 4.67. The van der Waals surface area contributed by atoms with Crippen LogP contribution in [-0.2, 0) is 17.9 Å². The van der Waals surface area contributed by atoms with E-state index in [2.05, 4.69) is 34.1 Å². The summed E-state index contributed by atoms with van der Waals surface area (Å²) in [5, 5.41) is 4.69. The van der Waals surface area contributed by atoms with E-state index < -0.39 is 0 Å². The van der Waals surface area contributed by atoms with Crippen LogP contribution >= 0.6 is 11.3 Å². The fourth-order valence-electron chi connectivity index (χ4n) is 2.93. The molecule has 0 radical (unpaired) electrons. The van der Waals surface area contributed by atoms with Crippen LogP contribution in [0.1, 0.15) is 16.8 Å². The van der Waals surface area contributed by atoms with Crippen LogP contribution in [0, 0.1) is 13.8 Å². The van der Waals surface area contributed by atoms with Crippen LogP contribution in [0.4, 0.5) is 5.13 Å². The lowest BCUT2D eigenvalue weighted by molar-refractivity contribution is -0.119. The van der Waals surface area contributed by atoms with Gasteiger partial charge in [-0.3, -0.25) is 14.7 Å². The molecule has 1 aromatic carbocycles. The number of aromatic nitrogens is 5. The summed E-state index contributed by atoms with van der Waals surface area (Å²) in [6, 6.07) is 9.87. The van der Waals surface area contributed by atoms with E-state index >= 15 is 0 Å². The zero-order valence-corrected chi connectivity index (χ0v) is 15.8. The third kappa shape index (κ3) is 3.70. The summed E-state index contributed by atoms with van der Waals surface area (Å²) in [6.45, 7) is 4.56. The fraction of sp³-hybridized carbons (Fsp3) is 0.211. The van der Waals surface area contributed by atoms with Crippen LogP contribution < -0.4 is 4.90 Å². The van der Waals surface area contributed by atoms with Crippen LogP contribution in [0.3, 0.4) is 0 Å². The largest absolute Gasteiger partial charge is 0.280 e. The SMILES string of the molecule is Cc1cc(C)c2nc(N(Cc3ccccn3)C(=O)Cn3cncn3)sc2c1. The molecule has 0 unspecified atom stereocenters. The van der Waals surface area contributed by atoms with E-state index in [0.29, 0.717) is 11.7 Å². The van der Waals surface area contributed by atoms with Gasteiger partial charge in [0.05, 0.1) is 22.5 Å². The molecule has 0 aliphatic heterocycles. The van der Waals surface area contributed by atoms with Gasteiger partial charge in [0.1, 0.15) is 19.2 Å². The van der Waals surface area contributed by atoms with Gasteiger partial charge < -0.3 is 0 Å². The molecule has 8 heteroatoms. The molecule has 136 valence electrons. The third-order valence-electron chi connectivity index (χ3n) is 4.16. The number of hydrogen-bond donors (Lipinski definition) is 0. The fourth-order valence-corrected chi connectivity index (χ4v) is 4.09. The van der Waals surface area contributed by atoms with Gasteiger partial charge in [0.15, 0.2) is 5.13 Å². The zero-order valence-electron chi connectivity index (χ0n) is 15.0. The average Bonchev–Trinajstić information content (AvgIpc) is 3.30. The molecule has 0 saturated heterocycles. The minimum absolute atomic E-state index is 0.0980. The quantitative estimate of drug-likeness (QED) is 0.533. The number of nitrogens with zero attached hydrogens (tertiary/aromatic N) is 6. The van der Waals surface area contributed by atoms with E-state index in [1.807, 2.05) is 25.1 Å². The van der Waals surface area contributed by atoms with Crippen molar-refractivity contribution in [2.75, 3.05) is 4.90 Å². The van der Waals surface area contributed by atoms with Crippen LogP contribution in [0.25, 0.3) is 10.2 Å². The third-order valence-corrected chi connectivity index (χ3v) is 5.19. The summed E-state index contributed by atoms with van der Waals surface area (Å²) in [5.41, 5.74) is 4.02. The Hall–Kier alpha value is -3.13. The highest BCUT2D eigenvalue weighted by Gasteiger charge is 2.22. The Morgan fingerprint density at radius 2 is 2.15 bits per heavy atom. The van der Waals surface area contributed by atoms with Crippen molar-refractivity contribution in [2.45, 2.75) is 26.9 Å². The molecule has 7 nitrogen and oxygen atoms in total. The monoisotopic (exact) mass is 378 g/mol. The Morgan fingerprint density at radius 1 is 1.26 bits per heavy atom. The summed E-state index contributed by atoms with van der Waals surface area (Å²) in [7, 11) is 0. The van der Waals surface area contributed by atoms with Gasteiger partial charge in [-0.05, 0) is 43.2 Å². The molecule has 27 heavy (non-hydrogen) atoms. The van der Waals surface area contributed by atoms with Crippen molar-refractivity contribution in [1.29, 1.82) is 0 Å². The van der Waals surface area contributed by atoms with Crippen molar-refractivity contribution in [1.82, 2.24) is 24.7 Å². The first-order valence-electron chi connectivity index (χ1n) is 8.50. The lowest BCUT2D eigenvalue weighted by Crippen LogP contribution is -2.33. The number of hydrogen-bond acceptors (Lipinski definition) is 6. The smallest absolute Gasteiger partial charge is 0.250 e. The number of rotatable bonds is 5. The Bertz CT molecular complexity index is 1070. The molecule has 0 spiro atoms. The van der Waals surface area contributed by atoms with Crippen LogP contribution in [0.5, 0.6) is 0 Å². The maximum Gasteiger partial charge on any atom is 0.250 e. The number of carbonyl (C=O) groups excluding carboxylic acids is 1. The summed E-state index contributed by atoms with van der Waals surface area (Å²) in [4.78, 5) is 27.7. The maximum atomic E-state index is 13.0. The molecule has 0 atom stereocenters. The highest BCUT2D eigenvalue weighted by atomic mass is 32.1. The van der Waals surface area contributed by atoms with Crippen molar-refractivity contribution in [3.05, 3.63) is 66.0 Å². The molecular formula is C19H18N6OS. The minimum Gasteiger partial charge on any atom is -0.280 e. The molecule has 4 rings (SSSR count). The molecule has 0 fully saturated rings.